The zero-order valence-electron chi connectivity index (χ0n) is 15.9. The molecule has 4 atom stereocenters. The van der Waals surface area contributed by atoms with Gasteiger partial charge in [0.2, 0.25) is 0 Å². The fourth-order valence-electron chi connectivity index (χ4n) is 4.30. The minimum Gasteiger partial charge on any atom is -0.490 e. The number of hydrogen-bond acceptors (Lipinski definition) is 6. The fourth-order valence-corrected chi connectivity index (χ4v) is 4.30. The van der Waals surface area contributed by atoms with Gasteiger partial charge in [-0.1, -0.05) is 24.6 Å². The number of aliphatic hydroxyl groups is 4. The first-order chi connectivity index (χ1) is 13.1. The number of β-amino-alcohol motifs (C(OH)–C–C–N with tert-alkyl or cyclic N) is 1. The molecule has 1 saturated carbocycles. The van der Waals surface area contributed by atoms with Crippen LogP contribution in [0.3, 0.4) is 0 Å². The van der Waals surface area contributed by atoms with Crippen LogP contribution in [0.2, 0.25) is 0 Å². The van der Waals surface area contributed by atoms with E-state index in [1.54, 1.807) is 0 Å². The average molecular weight is 379 g/mol. The zero-order valence-corrected chi connectivity index (χ0v) is 15.9. The molecule has 0 aromatic heterocycles. The van der Waals surface area contributed by atoms with E-state index in [1.807, 2.05) is 23.1 Å². The summed E-state index contributed by atoms with van der Waals surface area (Å²) < 4.78 is 6.25. The van der Waals surface area contributed by atoms with Gasteiger partial charge in [-0.3, -0.25) is 4.90 Å². The summed E-state index contributed by atoms with van der Waals surface area (Å²) in [5, 5.41) is 39.4. The number of likely N-dealkylation sites (tertiary alicyclic amines) is 1. The minimum absolute atomic E-state index is 0.244. The minimum atomic E-state index is -1.21. The second-order valence-electron chi connectivity index (χ2n) is 7.88. The Balaban J connectivity index is 1.55. The molecule has 1 aliphatic carbocycles. The number of para-hydroxylation sites is 1. The molecule has 27 heavy (non-hydrogen) atoms. The van der Waals surface area contributed by atoms with Crippen LogP contribution in [-0.4, -0.2) is 75.5 Å². The fraction of sp³-hybridized carbons (Fsp3) is 0.714. The van der Waals surface area contributed by atoms with Gasteiger partial charge >= 0.3 is 0 Å². The number of benzene rings is 1. The number of nitrogens with zero attached hydrogens (tertiary/aromatic N) is 1. The topological polar surface area (TPSA) is 93.4 Å². The summed E-state index contributed by atoms with van der Waals surface area (Å²) in [6, 6.07) is 7.60. The largest absolute Gasteiger partial charge is 0.490 e. The SMILES string of the molecule is OC[C@@H]1[C@@H](O)[C@H](O)[C@@H](O)CN1CCCc1ccccc1OC1CCCCC1. The van der Waals surface area contributed by atoms with Crippen molar-refractivity contribution >= 4 is 0 Å². The van der Waals surface area contributed by atoms with Crippen LogP contribution in [0.5, 0.6) is 5.75 Å². The van der Waals surface area contributed by atoms with E-state index in [1.165, 1.54) is 24.8 Å². The third-order valence-electron chi connectivity index (χ3n) is 5.93. The molecule has 0 amide bonds. The van der Waals surface area contributed by atoms with Gasteiger partial charge in [0.1, 0.15) is 18.0 Å². The second-order valence-corrected chi connectivity index (χ2v) is 7.88. The maximum atomic E-state index is 10.1. The molecule has 1 heterocycles. The van der Waals surface area contributed by atoms with Gasteiger partial charge in [-0.15, -0.1) is 0 Å². The van der Waals surface area contributed by atoms with Crippen molar-refractivity contribution in [3.8, 4) is 5.75 Å². The van der Waals surface area contributed by atoms with Crippen LogP contribution in [0.15, 0.2) is 24.3 Å². The number of aliphatic hydroxyl groups excluding tert-OH is 4. The van der Waals surface area contributed by atoms with Crippen LogP contribution in [0.4, 0.5) is 0 Å². The molecule has 0 spiro atoms. The Bertz CT molecular complexity index is 577. The first-order valence-corrected chi connectivity index (χ1v) is 10.2. The predicted molar refractivity (Wildman–Crippen MR) is 103 cm³/mol. The summed E-state index contributed by atoms with van der Waals surface area (Å²) in [6.45, 7) is 0.639. The number of aryl methyl sites for hydroxylation is 1. The quantitative estimate of drug-likeness (QED) is 0.567. The Morgan fingerprint density at radius 1 is 1.00 bits per heavy atom. The van der Waals surface area contributed by atoms with Crippen LogP contribution in [-0.2, 0) is 6.42 Å². The van der Waals surface area contributed by atoms with Crippen LogP contribution in [0.1, 0.15) is 44.1 Å². The normalized spacial score (nSPS) is 30.4. The van der Waals surface area contributed by atoms with Crippen molar-refractivity contribution in [1.82, 2.24) is 4.90 Å². The maximum Gasteiger partial charge on any atom is 0.122 e. The molecule has 0 bridgehead atoms. The molecule has 1 aliphatic heterocycles. The van der Waals surface area contributed by atoms with E-state index in [4.69, 9.17) is 4.74 Å². The highest BCUT2D eigenvalue weighted by molar-refractivity contribution is 5.33. The summed E-state index contributed by atoms with van der Waals surface area (Å²) in [7, 11) is 0. The molecular formula is C21H33NO5. The lowest BCUT2D eigenvalue weighted by Gasteiger charge is -2.43. The highest BCUT2D eigenvalue weighted by Crippen LogP contribution is 2.27. The molecule has 6 heteroatoms. The molecule has 1 aromatic rings. The summed E-state index contributed by atoms with van der Waals surface area (Å²) in [5.41, 5.74) is 1.17. The van der Waals surface area contributed by atoms with E-state index in [0.29, 0.717) is 12.6 Å². The van der Waals surface area contributed by atoms with Crippen molar-refractivity contribution in [2.24, 2.45) is 0 Å². The Morgan fingerprint density at radius 3 is 2.48 bits per heavy atom. The van der Waals surface area contributed by atoms with E-state index in [0.717, 1.165) is 31.4 Å². The standard InChI is InChI=1S/C21H33NO5/c23-14-17-20(25)21(26)18(24)13-22(17)12-6-8-15-7-4-5-11-19(15)27-16-9-2-1-3-10-16/h4-5,7,11,16-18,20-21,23-26H,1-3,6,8-10,12-14H2/t17-,18+,20-,21-/m1/s1. The first-order valence-electron chi connectivity index (χ1n) is 10.2. The highest BCUT2D eigenvalue weighted by Gasteiger charge is 2.40. The lowest BCUT2D eigenvalue weighted by atomic mass is 9.94. The zero-order chi connectivity index (χ0) is 19.2. The lowest BCUT2D eigenvalue weighted by molar-refractivity contribution is -0.145. The van der Waals surface area contributed by atoms with Crippen molar-refractivity contribution in [3.05, 3.63) is 29.8 Å². The summed E-state index contributed by atoms with van der Waals surface area (Å²) >= 11 is 0. The number of ether oxygens (including phenoxy) is 1. The van der Waals surface area contributed by atoms with E-state index in [9.17, 15) is 20.4 Å². The molecule has 2 aliphatic rings. The van der Waals surface area contributed by atoms with Crippen LogP contribution in [0, 0.1) is 0 Å². The van der Waals surface area contributed by atoms with Gasteiger partial charge < -0.3 is 25.2 Å². The molecule has 0 radical (unpaired) electrons. The van der Waals surface area contributed by atoms with Crippen molar-refractivity contribution in [2.45, 2.75) is 75.4 Å². The van der Waals surface area contributed by atoms with E-state index >= 15 is 0 Å². The second kappa shape index (κ2) is 9.85. The molecule has 3 rings (SSSR count). The van der Waals surface area contributed by atoms with Crippen molar-refractivity contribution in [2.75, 3.05) is 19.7 Å². The van der Waals surface area contributed by atoms with Gasteiger partial charge in [-0.25, -0.2) is 0 Å². The van der Waals surface area contributed by atoms with Gasteiger partial charge in [0.05, 0.1) is 24.9 Å². The Morgan fingerprint density at radius 2 is 1.74 bits per heavy atom. The number of piperidine rings is 1. The lowest BCUT2D eigenvalue weighted by Crippen LogP contribution is -2.62. The molecule has 1 aromatic carbocycles. The first kappa shape index (κ1) is 20.6. The van der Waals surface area contributed by atoms with Crippen LogP contribution in [0.25, 0.3) is 0 Å². The number of hydrogen-bond donors (Lipinski definition) is 4. The van der Waals surface area contributed by atoms with Gasteiger partial charge in [0.25, 0.3) is 0 Å². The van der Waals surface area contributed by atoms with Crippen molar-refractivity contribution < 1.29 is 25.2 Å². The Labute approximate surface area is 161 Å². The summed E-state index contributed by atoms with van der Waals surface area (Å²) in [6.07, 6.45) is 4.64. The van der Waals surface area contributed by atoms with Crippen LogP contribution < -0.4 is 4.74 Å². The summed E-state index contributed by atoms with van der Waals surface area (Å²) in [4.78, 5) is 1.87. The van der Waals surface area contributed by atoms with E-state index < -0.39 is 24.4 Å². The molecular weight excluding hydrogens is 346 g/mol. The van der Waals surface area contributed by atoms with Gasteiger partial charge in [0.15, 0.2) is 0 Å². The summed E-state index contributed by atoms with van der Waals surface area (Å²) in [5.74, 6) is 0.956. The smallest absolute Gasteiger partial charge is 0.122 e. The van der Waals surface area contributed by atoms with Gasteiger partial charge in [-0.05, 0) is 56.7 Å². The highest BCUT2D eigenvalue weighted by atomic mass is 16.5. The maximum absolute atomic E-state index is 10.1. The molecule has 1 saturated heterocycles. The molecule has 2 fully saturated rings. The third kappa shape index (κ3) is 5.21. The van der Waals surface area contributed by atoms with E-state index in [-0.39, 0.29) is 13.2 Å². The number of rotatable bonds is 7. The molecule has 152 valence electrons. The molecule has 6 nitrogen and oxygen atoms in total. The molecule has 0 unspecified atom stereocenters. The molecule has 4 N–H and O–H groups in total. The Hall–Kier alpha value is -1.18. The predicted octanol–water partition coefficient (Wildman–Crippen LogP) is 1.09. The average Bonchev–Trinajstić information content (AvgIpc) is 2.68. The van der Waals surface area contributed by atoms with Crippen molar-refractivity contribution in [1.29, 1.82) is 0 Å². The van der Waals surface area contributed by atoms with Crippen LogP contribution >= 0.6 is 0 Å². The third-order valence-corrected chi connectivity index (χ3v) is 5.93. The Kier molecular flexibility index (Phi) is 7.49. The van der Waals surface area contributed by atoms with Gasteiger partial charge in [0, 0.05) is 6.54 Å². The van der Waals surface area contributed by atoms with Crippen molar-refractivity contribution in [3.63, 3.8) is 0 Å². The van der Waals surface area contributed by atoms with Gasteiger partial charge in [-0.2, -0.15) is 0 Å². The monoisotopic (exact) mass is 379 g/mol. The van der Waals surface area contributed by atoms with E-state index in [2.05, 4.69) is 6.07 Å².